The molecule has 3 aliphatic carbocycles. The highest BCUT2D eigenvalue weighted by atomic mass is 35.5. The Balaban J connectivity index is 1.56. The molecule has 0 amide bonds. The Morgan fingerprint density at radius 1 is 1.21 bits per heavy atom. The van der Waals surface area contributed by atoms with Gasteiger partial charge in [0.25, 0.3) is 0 Å². The molecular weight excluding hydrogens is 443 g/mol. The molecule has 1 aromatic rings. The van der Waals surface area contributed by atoms with Crippen LogP contribution in [0.2, 0.25) is 0 Å². The highest BCUT2D eigenvalue weighted by Gasteiger charge is 2.68. The number of rotatable bonds is 6. The second-order valence-electron chi connectivity index (χ2n) is 11.4. The maximum atomic E-state index is 12.9. The van der Waals surface area contributed by atoms with Gasteiger partial charge in [-0.1, -0.05) is 13.8 Å². The molecular formula is C25H36BClO6. The maximum absolute atomic E-state index is 12.9. The summed E-state index contributed by atoms with van der Waals surface area (Å²) in [5.41, 5.74) is 0.364. The molecule has 4 fully saturated rings. The van der Waals surface area contributed by atoms with Gasteiger partial charge >= 0.3 is 13.1 Å². The average molecular weight is 479 g/mol. The molecule has 1 aromatic carbocycles. The normalized spacial score (nSPS) is 30.8. The van der Waals surface area contributed by atoms with Crippen LogP contribution in [-0.2, 0) is 20.5 Å². The molecule has 8 heteroatoms. The summed E-state index contributed by atoms with van der Waals surface area (Å²) < 4.78 is 29.6. The van der Waals surface area contributed by atoms with E-state index in [0.29, 0.717) is 35.3 Å². The molecule has 0 spiro atoms. The number of hydrogen-bond acceptors (Lipinski definition) is 6. The summed E-state index contributed by atoms with van der Waals surface area (Å²) in [6.07, 6.45) is 2.64. The molecule has 0 aromatic heterocycles. The Morgan fingerprint density at radius 3 is 2.48 bits per heavy atom. The standard InChI is InChI=1S/C25H36BClO6/c1-23(2,3)31-22(28)17-13-16(29-7)9-14(21(17)30-8)10-20(27)26-32-19-12-15-11-18(24(15,4)5)25(19,6)33-26/h9,13,15,18-20H,10-12H2,1-8H3/t15-,18-,19?,20+,25-/m0/s1. The first kappa shape index (κ1) is 24.7. The van der Waals surface area contributed by atoms with E-state index in [-0.39, 0.29) is 17.1 Å². The van der Waals surface area contributed by atoms with E-state index in [0.717, 1.165) is 12.0 Å². The van der Waals surface area contributed by atoms with Crippen LogP contribution in [0.3, 0.4) is 0 Å². The first-order valence-electron chi connectivity index (χ1n) is 11.8. The van der Waals surface area contributed by atoms with E-state index in [1.807, 2.05) is 26.8 Å². The second kappa shape index (κ2) is 8.35. The number of alkyl halides is 1. The van der Waals surface area contributed by atoms with Gasteiger partial charge in [-0.25, -0.2) is 4.79 Å². The Bertz CT molecular complexity index is 928. The molecule has 1 aliphatic heterocycles. The summed E-state index contributed by atoms with van der Waals surface area (Å²) >= 11 is 6.88. The Morgan fingerprint density at radius 2 is 1.91 bits per heavy atom. The van der Waals surface area contributed by atoms with E-state index in [1.54, 1.807) is 13.2 Å². The Kier molecular flexibility index (Phi) is 6.25. The number of carbonyl (C=O) groups is 1. The molecule has 33 heavy (non-hydrogen) atoms. The topological polar surface area (TPSA) is 63.2 Å². The number of ether oxygens (including phenoxy) is 3. The van der Waals surface area contributed by atoms with Crippen LogP contribution >= 0.6 is 11.6 Å². The van der Waals surface area contributed by atoms with E-state index in [9.17, 15) is 4.79 Å². The molecule has 0 N–H and O–H groups in total. The van der Waals surface area contributed by atoms with Gasteiger partial charge in [-0.2, -0.15) is 0 Å². The van der Waals surface area contributed by atoms with Gasteiger partial charge < -0.3 is 23.5 Å². The van der Waals surface area contributed by atoms with E-state index in [4.69, 9.17) is 35.1 Å². The molecule has 1 heterocycles. The van der Waals surface area contributed by atoms with Crippen molar-refractivity contribution in [3.63, 3.8) is 0 Å². The molecule has 2 bridgehead atoms. The smallest absolute Gasteiger partial charge is 0.477 e. The van der Waals surface area contributed by atoms with Crippen LogP contribution in [0.5, 0.6) is 11.5 Å². The van der Waals surface area contributed by atoms with E-state index in [2.05, 4.69) is 20.8 Å². The summed E-state index contributed by atoms with van der Waals surface area (Å²) in [5.74, 6) is 1.63. The quantitative estimate of drug-likeness (QED) is 0.323. The van der Waals surface area contributed by atoms with Gasteiger partial charge in [0.15, 0.2) is 0 Å². The number of carbonyl (C=O) groups excluding carboxylic acids is 1. The largest absolute Gasteiger partial charge is 0.497 e. The predicted octanol–water partition coefficient (Wildman–Crippen LogP) is 5.08. The van der Waals surface area contributed by atoms with Crippen LogP contribution in [0.4, 0.5) is 0 Å². The van der Waals surface area contributed by atoms with Crippen LogP contribution in [-0.4, -0.2) is 49.9 Å². The van der Waals surface area contributed by atoms with Crippen molar-refractivity contribution in [2.75, 3.05) is 14.2 Å². The first-order valence-corrected chi connectivity index (χ1v) is 12.2. The number of benzene rings is 1. The third-order valence-corrected chi connectivity index (χ3v) is 8.24. The van der Waals surface area contributed by atoms with Gasteiger partial charge in [-0.3, -0.25) is 0 Å². The molecule has 3 saturated carbocycles. The number of esters is 1. The minimum Gasteiger partial charge on any atom is -0.497 e. The molecule has 4 aliphatic rings. The Labute approximate surface area is 202 Å². The van der Waals surface area contributed by atoms with Gasteiger partial charge in [-0.05, 0) is 81.9 Å². The van der Waals surface area contributed by atoms with Crippen molar-refractivity contribution in [1.29, 1.82) is 0 Å². The zero-order valence-corrected chi connectivity index (χ0v) is 21.7. The Hall–Kier alpha value is -1.44. The second-order valence-corrected chi connectivity index (χ2v) is 12.0. The number of hydrogen-bond donors (Lipinski definition) is 0. The number of methoxy groups -OCH3 is 2. The van der Waals surface area contributed by atoms with Crippen molar-refractivity contribution in [2.45, 2.75) is 83.4 Å². The minimum atomic E-state index is -0.633. The van der Waals surface area contributed by atoms with Gasteiger partial charge in [0, 0.05) is 0 Å². The van der Waals surface area contributed by atoms with Crippen LogP contribution in [0.25, 0.3) is 0 Å². The minimum absolute atomic E-state index is 0.0602. The fraction of sp³-hybridized carbons (Fsp3) is 0.720. The van der Waals surface area contributed by atoms with Crippen molar-refractivity contribution in [3.05, 3.63) is 23.3 Å². The predicted molar refractivity (Wildman–Crippen MR) is 128 cm³/mol. The molecule has 182 valence electrons. The summed E-state index contributed by atoms with van der Waals surface area (Å²) in [6, 6.07) is 3.47. The summed E-state index contributed by atoms with van der Waals surface area (Å²) in [6.45, 7) is 12.3. The zero-order valence-electron chi connectivity index (χ0n) is 21.0. The van der Waals surface area contributed by atoms with Crippen LogP contribution in [0.1, 0.15) is 70.3 Å². The fourth-order valence-electron chi connectivity index (χ4n) is 6.01. The third kappa shape index (κ3) is 4.25. The molecule has 1 saturated heterocycles. The maximum Gasteiger partial charge on any atom is 0.477 e. The highest BCUT2D eigenvalue weighted by molar-refractivity contribution is 6.60. The molecule has 5 atom stereocenters. The summed E-state index contributed by atoms with van der Waals surface area (Å²) in [4.78, 5) is 12.9. The molecule has 5 rings (SSSR count). The lowest BCUT2D eigenvalue weighted by molar-refractivity contribution is -0.199. The monoisotopic (exact) mass is 478 g/mol. The summed E-state index contributed by atoms with van der Waals surface area (Å²) in [7, 11) is 2.57. The van der Waals surface area contributed by atoms with Crippen molar-refractivity contribution in [2.24, 2.45) is 17.3 Å². The third-order valence-electron chi connectivity index (χ3n) is 7.88. The van der Waals surface area contributed by atoms with Gasteiger partial charge in [0.05, 0.1) is 31.2 Å². The highest BCUT2D eigenvalue weighted by Crippen LogP contribution is 2.65. The van der Waals surface area contributed by atoms with Crippen molar-refractivity contribution in [1.82, 2.24) is 0 Å². The van der Waals surface area contributed by atoms with E-state index < -0.39 is 24.0 Å². The average Bonchev–Trinajstić information content (AvgIpc) is 3.09. The SMILES string of the molecule is COc1cc(C[C@@H](Cl)B2OC3C[C@@H]4C[C@@H](C4(C)C)[C@]3(C)O2)c(OC)c(C(=O)OC(C)(C)C)c1. The number of halogens is 1. The van der Waals surface area contributed by atoms with Crippen LogP contribution < -0.4 is 9.47 Å². The van der Waals surface area contributed by atoms with Gasteiger partial charge in [0.1, 0.15) is 22.7 Å². The van der Waals surface area contributed by atoms with Crippen LogP contribution in [0, 0.1) is 17.3 Å². The van der Waals surface area contributed by atoms with E-state index in [1.165, 1.54) is 13.5 Å². The van der Waals surface area contributed by atoms with Gasteiger partial charge in [-0.15, -0.1) is 11.6 Å². The fourth-order valence-corrected chi connectivity index (χ4v) is 6.29. The van der Waals surface area contributed by atoms with Crippen molar-refractivity contribution >= 4 is 24.7 Å². The van der Waals surface area contributed by atoms with Crippen molar-refractivity contribution < 1.29 is 28.3 Å². The van der Waals surface area contributed by atoms with Crippen molar-refractivity contribution in [3.8, 4) is 11.5 Å². The van der Waals surface area contributed by atoms with Crippen LogP contribution in [0.15, 0.2) is 12.1 Å². The lowest BCUT2D eigenvalue weighted by Gasteiger charge is -2.64. The van der Waals surface area contributed by atoms with Gasteiger partial charge in [0.2, 0.25) is 0 Å². The molecule has 6 nitrogen and oxygen atoms in total. The van der Waals surface area contributed by atoms with E-state index >= 15 is 0 Å². The molecule has 1 unspecified atom stereocenters. The zero-order chi connectivity index (χ0) is 24.3. The lowest BCUT2D eigenvalue weighted by atomic mass is 9.43. The first-order chi connectivity index (χ1) is 15.3. The summed E-state index contributed by atoms with van der Waals surface area (Å²) in [5, 5.41) is -0.458. The molecule has 0 radical (unpaired) electrons. The lowest BCUT2D eigenvalue weighted by Crippen LogP contribution is -2.65.